The molecule has 0 aromatic carbocycles. The Balaban J connectivity index is 0.000000354. The smallest absolute Gasteiger partial charge is 0.0241 e. The summed E-state index contributed by atoms with van der Waals surface area (Å²) in [4.78, 5) is 0. The van der Waals surface area contributed by atoms with E-state index < -0.39 is 0 Å². The van der Waals surface area contributed by atoms with Crippen molar-refractivity contribution in [1.82, 2.24) is 0 Å². The highest BCUT2D eigenvalue weighted by Crippen LogP contribution is 2.67. The summed E-state index contributed by atoms with van der Waals surface area (Å²) in [6, 6.07) is 0. The molecule has 0 amide bonds. The molecule has 4 saturated carbocycles. The highest BCUT2D eigenvalue weighted by Gasteiger charge is 2.58. The summed E-state index contributed by atoms with van der Waals surface area (Å²) in [5.41, 5.74) is 0.827. The maximum atomic E-state index is 2.46. The molecule has 0 aliphatic heterocycles. The average molecular weight is 194 g/mol. The fraction of sp³-hybridized carbons (Fsp3) is 1.00. The second-order valence-corrected chi connectivity index (χ2v) is 5.93. The van der Waals surface area contributed by atoms with Crippen molar-refractivity contribution in [1.29, 1.82) is 0 Å². The summed E-state index contributed by atoms with van der Waals surface area (Å²) in [7, 11) is 0. The van der Waals surface area contributed by atoms with Gasteiger partial charge in [0.05, 0.1) is 0 Å². The van der Waals surface area contributed by atoms with Gasteiger partial charge in [-0.1, -0.05) is 27.7 Å². The summed E-state index contributed by atoms with van der Waals surface area (Å²) < 4.78 is 0. The third kappa shape index (κ3) is 1.26. The van der Waals surface area contributed by atoms with E-state index in [0.717, 1.165) is 29.1 Å². The molecule has 0 saturated heterocycles. The lowest BCUT2D eigenvalue weighted by atomic mass is 9.69. The normalized spacial score (nSPS) is 48.2. The zero-order valence-corrected chi connectivity index (χ0v) is 10.3. The average Bonchev–Trinajstić information content (AvgIpc) is 2.56. The van der Waals surface area contributed by atoms with Crippen molar-refractivity contribution < 1.29 is 0 Å². The summed E-state index contributed by atoms with van der Waals surface area (Å²) >= 11 is 0. The molecule has 0 heteroatoms. The van der Waals surface area contributed by atoms with Crippen LogP contribution in [0.2, 0.25) is 0 Å². The molecule has 0 radical (unpaired) electrons. The van der Waals surface area contributed by atoms with Gasteiger partial charge in [-0.2, -0.15) is 0 Å². The highest BCUT2D eigenvalue weighted by molar-refractivity contribution is 5.08. The molecule has 14 heavy (non-hydrogen) atoms. The zero-order valence-electron chi connectivity index (χ0n) is 10.3. The molecule has 0 aromatic rings. The maximum Gasteiger partial charge on any atom is -0.0241 e. The van der Waals surface area contributed by atoms with Gasteiger partial charge in [-0.25, -0.2) is 0 Å². The molecular weight excluding hydrogens is 168 g/mol. The molecule has 0 N–H and O–H groups in total. The van der Waals surface area contributed by atoms with Crippen molar-refractivity contribution in [3.05, 3.63) is 0 Å². The first-order valence-corrected chi connectivity index (χ1v) is 6.71. The van der Waals surface area contributed by atoms with Crippen LogP contribution in [0.5, 0.6) is 0 Å². The van der Waals surface area contributed by atoms with Crippen LogP contribution in [-0.4, -0.2) is 0 Å². The second kappa shape index (κ2) is 3.54. The van der Waals surface area contributed by atoms with Gasteiger partial charge in [-0.05, 0) is 61.2 Å². The molecule has 0 spiro atoms. The van der Waals surface area contributed by atoms with Crippen LogP contribution in [-0.2, 0) is 0 Å². The first-order valence-electron chi connectivity index (χ1n) is 6.71. The van der Waals surface area contributed by atoms with E-state index in [4.69, 9.17) is 0 Å². The van der Waals surface area contributed by atoms with Crippen LogP contribution in [0.25, 0.3) is 0 Å². The molecule has 2 unspecified atom stereocenters. The number of hydrogen-bond acceptors (Lipinski definition) is 0. The molecule has 4 rings (SSSR count). The van der Waals surface area contributed by atoms with Gasteiger partial charge >= 0.3 is 0 Å². The summed E-state index contributed by atoms with van der Waals surface area (Å²) in [6.45, 7) is 8.92. The third-order valence-electron chi connectivity index (χ3n) is 5.20. The van der Waals surface area contributed by atoms with E-state index in [-0.39, 0.29) is 0 Å². The van der Waals surface area contributed by atoms with Crippen LogP contribution in [0.4, 0.5) is 0 Å². The highest BCUT2D eigenvalue weighted by atomic mass is 14.6. The van der Waals surface area contributed by atoms with E-state index in [9.17, 15) is 0 Å². The van der Waals surface area contributed by atoms with E-state index in [2.05, 4.69) is 13.8 Å². The zero-order chi connectivity index (χ0) is 10.3. The van der Waals surface area contributed by atoms with Crippen LogP contribution in [0.3, 0.4) is 0 Å². The van der Waals surface area contributed by atoms with Crippen LogP contribution < -0.4 is 0 Å². The predicted molar refractivity (Wildman–Crippen MR) is 62.2 cm³/mol. The fourth-order valence-electron chi connectivity index (χ4n) is 4.80. The molecule has 4 aliphatic rings. The van der Waals surface area contributed by atoms with Gasteiger partial charge in [0.1, 0.15) is 0 Å². The van der Waals surface area contributed by atoms with Gasteiger partial charge in [0.25, 0.3) is 0 Å². The SMILES string of the molecule is CC.CC(C)C12CC3CC(CC1C3)C2. The van der Waals surface area contributed by atoms with Crippen molar-refractivity contribution in [3.8, 4) is 0 Å². The Morgan fingerprint density at radius 2 is 1.43 bits per heavy atom. The standard InChI is InChI=1S/C12H20.C2H6/c1-8(2)12-6-9-3-10(7-12)5-11(12)4-9;1-2/h8-11H,3-7H2,1-2H3;1-2H3. The molecular formula is C14H26. The molecule has 4 fully saturated rings. The van der Waals surface area contributed by atoms with E-state index in [1.54, 1.807) is 32.1 Å². The van der Waals surface area contributed by atoms with Crippen LogP contribution in [0, 0.1) is 29.1 Å². The van der Waals surface area contributed by atoms with Gasteiger partial charge in [0, 0.05) is 0 Å². The van der Waals surface area contributed by atoms with Crippen LogP contribution >= 0.6 is 0 Å². The third-order valence-corrected chi connectivity index (χ3v) is 5.20. The topological polar surface area (TPSA) is 0 Å². The Morgan fingerprint density at radius 1 is 0.929 bits per heavy atom. The molecule has 4 aliphatic carbocycles. The second-order valence-electron chi connectivity index (χ2n) is 5.93. The first-order chi connectivity index (χ1) is 6.71. The summed E-state index contributed by atoms with van der Waals surface area (Å²) in [5, 5.41) is 0. The van der Waals surface area contributed by atoms with Crippen molar-refractivity contribution in [3.63, 3.8) is 0 Å². The van der Waals surface area contributed by atoms with E-state index in [0.29, 0.717) is 0 Å². The lowest BCUT2D eigenvalue weighted by Crippen LogP contribution is -2.28. The Bertz CT molecular complexity index is 190. The minimum Gasteiger partial charge on any atom is -0.0683 e. The first kappa shape index (κ1) is 10.5. The van der Waals surface area contributed by atoms with Crippen molar-refractivity contribution in [2.45, 2.75) is 59.8 Å². The Labute approximate surface area is 89.5 Å². The molecule has 0 nitrogen and oxygen atoms in total. The number of rotatable bonds is 1. The van der Waals surface area contributed by atoms with Gasteiger partial charge in [0.2, 0.25) is 0 Å². The molecule has 0 heterocycles. The number of hydrogen-bond donors (Lipinski definition) is 0. The van der Waals surface area contributed by atoms with Crippen LogP contribution in [0.1, 0.15) is 59.8 Å². The Morgan fingerprint density at radius 3 is 1.79 bits per heavy atom. The van der Waals surface area contributed by atoms with Gasteiger partial charge in [0.15, 0.2) is 0 Å². The minimum atomic E-state index is 0.827. The van der Waals surface area contributed by atoms with Crippen molar-refractivity contribution >= 4 is 0 Å². The lowest BCUT2D eigenvalue weighted by molar-refractivity contribution is 0.130. The summed E-state index contributed by atoms with van der Waals surface area (Å²) in [5.74, 6) is 4.38. The molecule has 2 atom stereocenters. The van der Waals surface area contributed by atoms with E-state index in [1.807, 2.05) is 13.8 Å². The Hall–Kier alpha value is 0. The molecule has 4 bridgehead atoms. The maximum absolute atomic E-state index is 2.46. The predicted octanol–water partition coefficient (Wildman–Crippen LogP) is 4.49. The largest absolute Gasteiger partial charge is 0.0683 e. The molecule has 82 valence electrons. The van der Waals surface area contributed by atoms with E-state index in [1.165, 1.54) is 0 Å². The lowest BCUT2D eigenvalue weighted by Gasteiger charge is -2.36. The Kier molecular flexibility index (Phi) is 2.66. The minimum absolute atomic E-state index is 0.827. The van der Waals surface area contributed by atoms with Gasteiger partial charge < -0.3 is 0 Å². The van der Waals surface area contributed by atoms with Crippen molar-refractivity contribution in [2.24, 2.45) is 29.1 Å². The summed E-state index contributed by atoms with van der Waals surface area (Å²) in [6.07, 6.45) is 7.95. The van der Waals surface area contributed by atoms with Gasteiger partial charge in [-0.15, -0.1) is 0 Å². The van der Waals surface area contributed by atoms with Crippen molar-refractivity contribution in [2.75, 3.05) is 0 Å². The van der Waals surface area contributed by atoms with Crippen LogP contribution in [0.15, 0.2) is 0 Å². The monoisotopic (exact) mass is 194 g/mol. The quantitative estimate of drug-likeness (QED) is 0.577. The molecule has 0 aromatic heterocycles. The fourth-order valence-corrected chi connectivity index (χ4v) is 4.80. The van der Waals surface area contributed by atoms with Gasteiger partial charge in [-0.3, -0.25) is 0 Å². The van der Waals surface area contributed by atoms with E-state index >= 15 is 0 Å².